The lowest BCUT2D eigenvalue weighted by molar-refractivity contribution is 0.0623. The van der Waals surface area contributed by atoms with Gasteiger partial charge in [-0.25, -0.2) is 0 Å². The van der Waals surface area contributed by atoms with Gasteiger partial charge in [0.25, 0.3) is 5.91 Å². The van der Waals surface area contributed by atoms with Crippen molar-refractivity contribution < 1.29 is 19.1 Å². The molecule has 4 rings (SSSR count). The van der Waals surface area contributed by atoms with Crippen LogP contribution in [0, 0.1) is 0 Å². The van der Waals surface area contributed by atoms with Crippen LogP contribution in [0.3, 0.4) is 0 Å². The molecule has 2 aromatic rings. The monoisotopic (exact) mass is 355 g/mol. The van der Waals surface area contributed by atoms with Crippen LogP contribution in [-0.2, 0) is 6.54 Å². The number of carbonyl (C=O) groups excluding carboxylic acids is 2. The van der Waals surface area contributed by atoms with E-state index < -0.39 is 0 Å². The number of hydrogen-bond acceptors (Lipinski definition) is 5. The average Bonchev–Trinajstić information content (AvgIpc) is 3.31. The maximum Gasteiger partial charge on any atom is 0.270 e. The molecule has 1 fully saturated rings. The van der Waals surface area contributed by atoms with Gasteiger partial charge < -0.3 is 19.4 Å². The first-order valence-electron chi connectivity index (χ1n) is 8.70. The molecule has 0 spiro atoms. The van der Waals surface area contributed by atoms with Crippen LogP contribution in [0.15, 0.2) is 30.3 Å². The highest BCUT2D eigenvalue weighted by molar-refractivity contribution is 5.97. The van der Waals surface area contributed by atoms with Crippen molar-refractivity contribution >= 4 is 11.7 Å². The summed E-state index contributed by atoms with van der Waals surface area (Å²) in [4.78, 5) is 31.0. The van der Waals surface area contributed by atoms with Crippen molar-refractivity contribution in [2.24, 2.45) is 0 Å². The SMILES string of the molecule is CC(=O)c1ccc(C(=O)N2CCN(Cc3ccc4c(c3)OCO4)CC2)[nH]1. The third kappa shape index (κ3) is 3.30. The summed E-state index contributed by atoms with van der Waals surface area (Å²) in [5.74, 6) is 1.46. The molecule has 0 saturated carbocycles. The summed E-state index contributed by atoms with van der Waals surface area (Å²) in [5.41, 5.74) is 2.11. The lowest BCUT2D eigenvalue weighted by atomic mass is 10.1. The molecule has 1 aromatic heterocycles. The molecule has 2 aliphatic rings. The number of ether oxygens (including phenoxy) is 2. The second-order valence-corrected chi connectivity index (χ2v) is 6.60. The van der Waals surface area contributed by atoms with Gasteiger partial charge in [-0.05, 0) is 29.8 Å². The summed E-state index contributed by atoms with van der Waals surface area (Å²) in [7, 11) is 0. The standard InChI is InChI=1S/C19H21N3O4/c1-13(23)15-3-4-16(20-15)19(24)22-8-6-21(7-9-22)11-14-2-5-17-18(10-14)26-12-25-17/h2-5,10,20H,6-9,11-12H2,1H3. The predicted molar refractivity (Wildman–Crippen MR) is 94.5 cm³/mol. The number of aromatic nitrogens is 1. The predicted octanol–water partition coefficient (Wildman–Crippen LogP) is 1.90. The van der Waals surface area contributed by atoms with Crippen molar-refractivity contribution in [3.05, 3.63) is 47.3 Å². The fourth-order valence-corrected chi connectivity index (χ4v) is 3.30. The number of nitrogens with zero attached hydrogens (tertiary/aromatic N) is 2. The number of Topliss-reactive ketones (excluding diaryl/α,β-unsaturated/α-hetero) is 1. The minimum atomic E-state index is -0.0717. The highest BCUT2D eigenvalue weighted by atomic mass is 16.7. The number of nitrogens with one attached hydrogen (secondary N) is 1. The van der Waals surface area contributed by atoms with Crippen LogP contribution >= 0.6 is 0 Å². The second kappa shape index (κ2) is 6.84. The number of benzene rings is 1. The first kappa shape index (κ1) is 16.7. The molecule has 0 atom stereocenters. The number of fused-ring (bicyclic) bond motifs is 1. The number of aromatic amines is 1. The first-order chi connectivity index (χ1) is 12.6. The van der Waals surface area contributed by atoms with E-state index in [2.05, 4.69) is 9.88 Å². The minimum absolute atomic E-state index is 0.0553. The van der Waals surface area contributed by atoms with E-state index in [4.69, 9.17) is 9.47 Å². The molecule has 2 aliphatic heterocycles. The van der Waals surface area contributed by atoms with Gasteiger partial charge in [0.15, 0.2) is 17.3 Å². The van der Waals surface area contributed by atoms with Crippen molar-refractivity contribution in [1.82, 2.24) is 14.8 Å². The molecular formula is C19H21N3O4. The zero-order chi connectivity index (χ0) is 18.1. The van der Waals surface area contributed by atoms with Crippen molar-refractivity contribution in [1.29, 1.82) is 0 Å². The maximum atomic E-state index is 12.6. The molecular weight excluding hydrogens is 334 g/mol. The molecule has 1 N–H and O–H groups in total. The Labute approximate surface area is 151 Å². The van der Waals surface area contributed by atoms with Gasteiger partial charge in [-0.1, -0.05) is 6.07 Å². The van der Waals surface area contributed by atoms with Gasteiger partial charge in [0.05, 0.1) is 5.69 Å². The van der Waals surface area contributed by atoms with Crippen LogP contribution in [0.5, 0.6) is 11.5 Å². The Bertz CT molecular complexity index is 837. The van der Waals surface area contributed by atoms with Crippen molar-refractivity contribution in [3.63, 3.8) is 0 Å². The Kier molecular flexibility index (Phi) is 4.38. The Morgan fingerprint density at radius 3 is 2.46 bits per heavy atom. The molecule has 1 saturated heterocycles. The van der Waals surface area contributed by atoms with Crippen LogP contribution in [0.25, 0.3) is 0 Å². The zero-order valence-corrected chi connectivity index (χ0v) is 14.7. The number of hydrogen-bond donors (Lipinski definition) is 1. The minimum Gasteiger partial charge on any atom is -0.454 e. The fourth-order valence-electron chi connectivity index (χ4n) is 3.30. The quantitative estimate of drug-likeness (QED) is 0.848. The van der Waals surface area contributed by atoms with Crippen LogP contribution < -0.4 is 9.47 Å². The molecule has 7 nitrogen and oxygen atoms in total. The third-order valence-corrected chi connectivity index (χ3v) is 4.80. The van der Waals surface area contributed by atoms with Crippen LogP contribution in [0.1, 0.15) is 33.5 Å². The molecule has 0 aliphatic carbocycles. The lowest BCUT2D eigenvalue weighted by Gasteiger charge is -2.34. The molecule has 0 bridgehead atoms. The van der Waals surface area contributed by atoms with E-state index in [9.17, 15) is 9.59 Å². The second-order valence-electron chi connectivity index (χ2n) is 6.60. The van der Waals surface area contributed by atoms with E-state index in [0.717, 1.165) is 31.1 Å². The largest absolute Gasteiger partial charge is 0.454 e. The van der Waals surface area contributed by atoms with Gasteiger partial charge in [0.2, 0.25) is 6.79 Å². The van der Waals surface area contributed by atoms with E-state index in [-0.39, 0.29) is 18.5 Å². The number of rotatable bonds is 4. The molecule has 0 radical (unpaired) electrons. The molecule has 136 valence electrons. The van der Waals surface area contributed by atoms with Gasteiger partial charge in [-0.3, -0.25) is 14.5 Å². The molecule has 1 aromatic carbocycles. The number of piperazine rings is 1. The third-order valence-electron chi connectivity index (χ3n) is 4.80. The van der Waals surface area contributed by atoms with Crippen molar-refractivity contribution in [2.45, 2.75) is 13.5 Å². The molecule has 1 amide bonds. The van der Waals surface area contributed by atoms with Crippen LogP contribution in [0.2, 0.25) is 0 Å². The number of H-pyrrole nitrogens is 1. The van der Waals surface area contributed by atoms with E-state index >= 15 is 0 Å². The number of ketones is 1. The van der Waals surface area contributed by atoms with Gasteiger partial charge in [-0.15, -0.1) is 0 Å². The highest BCUT2D eigenvalue weighted by Gasteiger charge is 2.24. The summed E-state index contributed by atoms with van der Waals surface area (Å²) in [6.07, 6.45) is 0. The Hall–Kier alpha value is -2.80. The normalized spacial score (nSPS) is 16.7. The van der Waals surface area contributed by atoms with E-state index in [1.165, 1.54) is 12.5 Å². The van der Waals surface area contributed by atoms with Crippen LogP contribution in [0.4, 0.5) is 0 Å². The number of amides is 1. The molecule has 26 heavy (non-hydrogen) atoms. The Morgan fingerprint density at radius 2 is 1.73 bits per heavy atom. The van der Waals surface area contributed by atoms with E-state index in [1.54, 1.807) is 12.1 Å². The van der Waals surface area contributed by atoms with E-state index in [1.807, 2.05) is 23.1 Å². The highest BCUT2D eigenvalue weighted by Crippen LogP contribution is 2.32. The lowest BCUT2D eigenvalue weighted by Crippen LogP contribution is -2.48. The van der Waals surface area contributed by atoms with Gasteiger partial charge in [0.1, 0.15) is 5.69 Å². The fraction of sp³-hybridized carbons (Fsp3) is 0.368. The van der Waals surface area contributed by atoms with Crippen LogP contribution in [-0.4, -0.2) is 59.4 Å². The van der Waals surface area contributed by atoms with Gasteiger partial charge in [0, 0.05) is 39.6 Å². The zero-order valence-electron chi connectivity index (χ0n) is 14.7. The summed E-state index contributed by atoms with van der Waals surface area (Å²) in [5, 5.41) is 0. The van der Waals surface area contributed by atoms with Crippen molar-refractivity contribution in [2.75, 3.05) is 33.0 Å². The number of carbonyl (C=O) groups is 2. The van der Waals surface area contributed by atoms with Gasteiger partial charge in [-0.2, -0.15) is 0 Å². The topological polar surface area (TPSA) is 74.9 Å². The summed E-state index contributed by atoms with van der Waals surface area (Å²) in [6.45, 7) is 5.52. The maximum absolute atomic E-state index is 12.6. The average molecular weight is 355 g/mol. The Morgan fingerprint density at radius 1 is 1.00 bits per heavy atom. The molecule has 7 heteroatoms. The summed E-state index contributed by atoms with van der Waals surface area (Å²) >= 11 is 0. The Balaban J connectivity index is 1.33. The summed E-state index contributed by atoms with van der Waals surface area (Å²) < 4.78 is 10.8. The molecule has 0 unspecified atom stereocenters. The summed E-state index contributed by atoms with van der Waals surface area (Å²) in [6, 6.07) is 9.34. The molecule has 3 heterocycles. The first-order valence-corrected chi connectivity index (χ1v) is 8.70. The smallest absolute Gasteiger partial charge is 0.270 e. The van der Waals surface area contributed by atoms with Gasteiger partial charge >= 0.3 is 0 Å². The van der Waals surface area contributed by atoms with E-state index in [0.29, 0.717) is 24.5 Å². The van der Waals surface area contributed by atoms with Crippen molar-refractivity contribution in [3.8, 4) is 11.5 Å².